The number of benzene rings is 1. The van der Waals surface area contributed by atoms with Gasteiger partial charge in [0.15, 0.2) is 0 Å². The molecule has 1 atom stereocenters. The summed E-state index contributed by atoms with van der Waals surface area (Å²) in [5.41, 5.74) is 1.29. The van der Waals surface area contributed by atoms with Crippen molar-refractivity contribution in [2.75, 3.05) is 18.0 Å². The molecule has 4 aliphatic rings. The van der Waals surface area contributed by atoms with Gasteiger partial charge in [-0.3, -0.25) is 34.2 Å². The molecule has 3 aliphatic heterocycles. The first-order valence-corrected chi connectivity index (χ1v) is 11.8. The molecule has 2 N–H and O–H groups in total. The molecule has 1 saturated carbocycles. The fraction of sp³-hybridized carbons (Fsp3) is 0.542. The Kier molecular flexibility index (Phi) is 5.64. The van der Waals surface area contributed by atoms with Crippen molar-refractivity contribution in [3.05, 3.63) is 29.3 Å². The quantitative estimate of drug-likeness (QED) is 0.667. The second-order valence-corrected chi connectivity index (χ2v) is 9.40. The van der Waals surface area contributed by atoms with Crippen LogP contribution in [0.4, 0.5) is 5.69 Å². The lowest BCUT2D eigenvalue weighted by molar-refractivity contribution is -0.136. The Labute approximate surface area is 191 Å². The SMILES string of the molecule is O=C1CCC(N2C(=O)c3cccc(N4CCC(NC(=O)C5CCCC5)CC4)c3C2=O)C(=O)N1. The Morgan fingerprint density at radius 2 is 1.67 bits per heavy atom. The van der Waals surface area contributed by atoms with E-state index in [1.807, 2.05) is 6.07 Å². The number of carbonyl (C=O) groups excluding carboxylic acids is 5. The summed E-state index contributed by atoms with van der Waals surface area (Å²) in [7, 11) is 0. The van der Waals surface area contributed by atoms with Gasteiger partial charge in [-0.15, -0.1) is 0 Å². The van der Waals surface area contributed by atoms with Crippen LogP contribution in [0.25, 0.3) is 0 Å². The van der Waals surface area contributed by atoms with E-state index < -0.39 is 29.7 Å². The minimum absolute atomic E-state index is 0.0940. The van der Waals surface area contributed by atoms with Gasteiger partial charge < -0.3 is 10.2 Å². The predicted octanol–water partition coefficient (Wildman–Crippen LogP) is 1.36. The van der Waals surface area contributed by atoms with E-state index in [1.54, 1.807) is 12.1 Å². The molecule has 1 aromatic rings. The average molecular weight is 453 g/mol. The normalized spacial score (nSPS) is 24.3. The Bertz CT molecular complexity index is 1020. The average Bonchev–Trinajstić information content (AvgIpc) is 3.43. The lowest BCUT2D eigenvalue weighted by Crippen LogP contribution is -2.54. The van der Waals surface area contributed by atoms with Gasteiger partial charge in [-0.2, -0.15) is 0 Å². The van der Waals surface area contributed by atoms with Crippen molar-refractivity contribution >= 4 is 35.2 Å². The third-order valence-electron chi connectivity index (χ3n) is 7.35. The molecule has 33 heavy (non-hydrogen) atoms. The summed E-state index contributed by atoms with van der Waals surface area (Å²) >= 11 is 0. The Balaban J connectivity index is 1.29. The third-order valence-corrected chi connectivity index (χ3v) is 7.35. The van der Waals surface area contributed by atoms with E-state index in [9.17, 15) is 24.0 Å². The molecule has 174 valence electrons. The number of nitrogens with one attached hydrogen (secondary N) is 2. The Hall–Kier alpha value is -3.23. The van der Waals surface area contributed by atoms with Crippen LogP contribution in [0.2, 0.25) is 0 Å². The fourth-order valence-corrected chi connectivity index (χ4v) is 5.53. The maximum Gasteiger partial charge on any atom is 0.264 e. The number of fused-ring (bicyclic) bond motifs is 1. The van der Waals surface area contributed by atoms with Gasteiger partial charge in [-0.1, -0.05) is 18.9 Å². The second-order valence-electron chi connectivity index (χ2n) is 9.40. The van der Waals surface area contributed by atoms with Gasteiger partial charge in [0.2, 0.25) is 17.7 Å². The number of piperidine rings is 2. The highest BCUT2D eigenvalue weighted by Gasteiger charge is 2.46. The van der Waals surface area contributed by atoms with Crippen LogP contribution in [0.15, 0.2) is 18.2 Å². The number of rotatable bonds is 4. The molecule has 1 aliphatic carbocycles. The van der Waals surface area contributed by atoms with E-state index >= 15 is 0 Å². The highest BCUT2D eigenvalue weighted by molar-refractivity contribution is 6.25. The van der Waals surface area contributed by atoms with Gasteiger partial charge in [0, 0.05) is 31.5 Å². The van der Waals surface area contributed by atoms with Crippen molar-refractivity contribution in [3.8, 4) is 0 Å². The summed E-state index contributed by atoms with van der Waals surface area (Å²) < 4.78 is 0. The summed E-state index contributed by atoms with van der Waals surface area (Å²) in [6, 6.07) is 4.33. The van der Waals surface area contributed by atoms with Crippen LogP contribution >= 0.6 is 0 Å². The number of hydrogen-bond acceptors (Lipinski definition) is 6. The van der Waals surface area contributed by atoms with Gasteiger partial charge in [0.1, 0.15) is 6.04 Å². The van der Waals surface area contributed by atoms with Crippen molar-refractivity contribution in [2.24, 2.45) is 5.92 Å². The summed E-state index contributed by atoms with van der Waals surface area (Å²) in [4.78, 5) is 65.7. The highest BCUT2D eigenvalue weighted by atomic mass is 16.2. The van der Waals surface area contributed by atoms with E-state index in [4.69, 9.17) is 0 Å². The summed E-state index contributed by atoms with van der Waals surface area (Å²) in [6.07, 6.45) is 5.95. The van der Waals surface area contributed by atoms with E-state index in [1.165, 1.54) is 0 Å². The van der Waals surface area contributed by atoms with Crippen LogP contribution in [0.1, 0.15) is 72.1 Å². The monoisotopic (exact) mass is 452 g/mol. The molecule has 3 fully saturated rings. The first-order valence-electron chi connectivity index (χ1n) is 11.8. The van der Waals surface area contributed by atoms with Gasteiger partial charge in [0.25, 0.3) is 11.8 Å². The number of imide groups is 2. The molecule has 5 amide bonds. The number of amides is 5. The van der Waals surface area contributed by atoms with Crippen LogP contribution in [0.5, 0.6) is 0 Å². The minimum atomic E-state index is -0.973. The lowest BCUT2D eigenvalue weighted by Gasteiger charge is -2.35. The molecule has 3 heterocycles. The maximum atomic E-state index is 13.3. The molecule has 1 aromatic carbocycles. The molecule has 2 saturated heterocycles. The lowest BCUT2D eigenvalue weighted by atomic mass is 10.00. The van der Waals surface area contributed by atoms with E-state index in [-0.39, 0.29) is 30.7 Å². The smallest absolute Gasteiger partial charge is 0.264 e. The number of hydrogen-bond donors (Lipinski definition) is 2. The molecule has 5 rings (SSSR count). The van der Waals surface area contributed by atoms with E-state index in [2.05, 4.69) is 15.5 Å². The second kappa shape index (κ2) is 8.61. The van der Waals surface area contributed by atoms with Crippen LogP contribution in [0, 0.1) is 5.92 Å². The van der Waals surface area contributed by atoms with Gasteiger partial charge in [-0.25, -0.2) is 0 Å². The van der Waals surface area contributed by atoms with Crippen LogP contribution in [-0.4, -0.2) is 59.6 Å². The van der Waals surface area contributed by atoms with Crippen molar-refractivity contribution in [2.45, 2.75) is 63.5 Å². The Morgan fingerprint density at radius 1 is 0.939 bits per heavy atom. The largest absolute Gasteiger partial charge is 0.371 e. The molecule has 0 aromatic heterocycles. The van der Waals surface area contributed by atoms with E-state index in [0.717, 1.165) is 43.4 Å². The van der Waals surface area contributed by atoms with Crippen LogP contribution in [-0.2, 0) is 14.4 Å². The predicted molar refractivity (Wildman–Crippen MR) is 118 cm³/mol. The maximum absolute atomic E-state index is 13.3. The van der Waals surface area contributed by atoms with Crippen LogP contribution in [0.3, 0.4) is 0 Å². The zero-order valence-corrected chi connectivity index (χ0v) is 18.5. The number of nitrogens with zero attached hydrogens (tertiary/aromatic N) is 2. The first-order chi connectivity index (χ1) is 15.9. The highest BCUT2D eigenvalue weighted by Crippen LogP contribution is 2.35. The molecule has 1 unspecified atom stereocenters. The molecule has 9 nitrogen and oxygen atoms in total. The van der Waals surface area contributed by atoms with Gasteiger partial charge in [0.05, 0.1) is 16.8 Å². The number of carbonyl (C=O) groups is 5. The Morgan fingerprint density at radius 3 is 2.36 bits per heavy atom. The molecule has 9 heteroatoms. The molecular weight excluding hydrogens is 424 g/mol. The molecular formula is C24H28N4O5. The standard InChI is InChI=1S/C24H28N4O5/c29-19-9-8-18(22(31)26-19)28-23(32)16-6-3-7-17(20(16)24(28)33)27-12-10-15(11-13-27)25-21(30)14-4-1-2-5-14/h3,6-7,14-15,18H,1-2,4-5,8-13H2,(H,25,30)(H,26,29,31). The van der Waals surface area contributed by atoms with Crippen LogP contribution < -0.4 is 15.5 Å². The zero-order chi connectivity index (χ0) is 23.1. The van der Waals surface area contributed by atoms with Gasteiger partial charge in [-0.05, 0) is 44.2 Å². The summed E-state index contributed by atoms with van der Waals surface area (Å²) in [5.74, 6) is -1.69. The number of anilines is 1. The van der Waals surface area contributed by atoms with Gasteiger partial charge >= 0.3 is 0 Å². The zero-order valence-electron chi connectivity index (χ0n) is 18.5. The summed E-state index contributed by atoms with van der Waals surface area (Å²) in [5, 5.41) is 5.42. The van der Waals surface area contributed by atoms with Crippen molar-refractivity contribution in [1.29, 1.82) is 0 Å². The molecule has 0 radical (unpaired) electrons. The topological polar surface area (TPSA) is 116 Å². The third kappa shape index (κ3) is 3.89. The molecule has 0 spiro atoms. The minimum Gasteiger partial charge on any atom is -0.371 e. The van der Waals surface area contributed by atoms with Crippen molar-refractivity contribution in [3.63, 3.8) is 0 Å². The van der Waals surface area contributed by atoms with E-state index in [0.29, 0.717) is 29.9 Å². The first kappa shape index (κ1) is 21.6. The fourth-order valence-electron chi connectivity index (χ4n) is 5.53. The molecule has 0 bridgehead atoms. The van der Waals surface area contributed by atoms with Crippen molar-refractivity contribution < 1.29 is 24.0 Å². The van der Waals surface area contributed by atoms with Crippen molar-refractivity contribution in [1.82, 2.24) is 15.5 Å². The summed E-state index contributed by atoms with van der Waals surface area (Å²) in [6.45, 7) is 1.32.